The van der Waals surface area contributed by atoms with Gasteiger partial charge >= 0.3 is 0 Å². The predicted molar refractivity (Wildman–Crippen MR) is 123 cm³/mol. The van der Waals surface area contributed by atoms with Crippen LogP contribution in [-0.4, -0.2) is 45.3 Å². The summed E-state index contributed by atoms with van der Waals surface area (Å²) in [7, 11) is 0. The summed E-state index contributed by atoms with van der Waals surface area (Å²) in [6, 6.07) is 0. The van der Waals surface area contributed by atoms with Gasteiger partial charge in [0.25, 0.3) is 0 Å². The van der Waals surface area contributed by atoms with E-state index in [4.69, 9.17) is 0 Å². The summed E-state index contributed by atoms with van der Waals surface area (Å²) in [6.45, 7) is 9.62. The van der Waals surface area contributed by atoms with E-state index in [2.05, 4.69) is 33.8 Å². The fourth-order valence-corrected chi connectivity index (χ4v) is 8.82. The Morgan fingerprint density at radius 2 is 1.77 bits per heavy atom. The summed E-state index contributed by atoms with van der Waals surface area (Å²) in [6.07, 6.45) is 9.31. The largest absolute Gasteiger partial charge is 0.396 e. The van der Waals surface area contributed by atoms with Crippen LogP contribution >= 0.6 is 0 Å². The molecule has 4 aliphatic carbocycles. The van der Waals surface area contributed by atoms with Crippen molar-refractivity contribution in [2.75, 3.05) is 6.61 Å². The number of allylic oxidation sites excluding steroid dienone is 1. The normalized spacial score (nSPS) is 48.0. The lowest BCUT2D eigenvalue weighted by molar-refractivity contribution is -0.126. The van der Waals surface area contributed by atoms with Crippen molar-refractivity contribution < 1.29 is 20.4 Å². The Morgan fingerprint density at radius 1 is 1.03 bits per heavy atom. The van der Waals surface area contributed by atoms with E-state index in [1.54, 1.807) is 0 Å². The first-order chi connectivity index (χ1) is 14.6. The third-order valence-electron chi connectivity index (χ3n) is 10.4. The molecule has 0 aromatic carbocycles. The summed E-state index contributed by atoms with van der Waals surface area (Å²) in [5, 5.41) is 41.7. The van der Waals surface area contributed by atoms with E-state index < -0.39 is 18.3 Å². The number of hydrogen-bond donors (Lipinski definition) is 4. The Balaban J connectivity index is 1.54. The standard InChI is InChI=1S/C27H46O4/c1-16(2)6-5-7-17(15-28)19-10-11-20-18-8-9-22-24(30)25(31)23(29)14-27(22,4)21(18)12-13-26(19,20)3/h9,16-21,23-25,28-31H,5-8,10-15H2,1-4H3/t17-,18-,19+,20-,21-,23?,24?,25?,26+,27+/m0/s1. The molecule has 0 bridgehead atoms. The summed E-state index contributed by atoms with van der Waals surface area (Å²) < 4.78 is 0. The van der Waals surface area contributed by atoms with Crippen molar-refractivity contribution >= 4 is 0 Å². The highest BCUT2D eigenvalue weighted by molar-refractivity contribution is 5.30. The summed E-state index contributed by atoms with van der Waals surface area (Å²) in [5.41, 5.74) is 1.06. The Kier molecular flexibility index (Phi) is 6.69. The van der Waals surface area contributed by atoms with Crippen LogP contribution in [0.15, 0.2) is 11.6 Å². The molecule has 4 aliphatic rings. The van der Waals surface area contributed by atoms with Crippen molar-refractivity contribution in [3.05, 3.63) is 11.6 Å². The first kappa shape index (κ1) is 23.7. The molecule has 3 unspecified atom stereocenters. The first-order valence-corrected chi connectivity index (χ1v) is 13.0. The zero-order valence-electron chi connectivity index (χ0n) is 20.1. The van der Waals surface area contributed by atoms with E-state index in [0.717, 1.165) is 30.8 Å². The van der Waals surface area contributed by atoms with Gasteiger partial charge in [-0.05, 0) is 96.9 Å². The summed E-state index contributed by atoms with van der Waals surface area (Å²) in [5.74, 6) is 3.47. The molecule has 0 spiro atoms. The van der Waals surface area contributed by atoms with Crippen molar-refractivity contribution in [1.29, 1.82) is 0 Å². The second kappa shape index (κ2) is 8.74. The van der Waals surface area contributed by atoms with Gasteiger partial charge in [0.1, 0.15) is 12.2 Å². The average Bonchev–Trinajstić information content (AvgIpc) is 3.06. The Bertz CT molecular complexity index is 674. The predicted octanol–water partition coefficient (Wildman–Crippen LogP) is 4.30. The van der Waals surface area contributed by atoms with Gasteiger partial charge in [-0.1, -0.05) is 46.6 Å². The van der Waals surface area contributed by atoms with E-state index in [1.807, 2.05) is 0 Å². The molecule has 0 radical (unpaired) electrons. The molecule has 4 rings (SSSR count). The summed E-state index contributed by atoms with van der Waals surface area (Å²) >= 11 is 0. The van der Waals surface area contributed by atoms with Gasteiger partial charge in [0.15, 0.2) is 0 Å². The average molecular weight is 435 g/mol. The number of aliphatic hydroxyl groups excluding tert-OH is 4. The van der Waals surface area contributed by atoms with E-state index in [0.29, 0.717) is 48.0 Å². The minimum Gasteiger partial charge on any atom is -0.396 e. The highest BCUT2D eigenvalue weighted by Crippen LogP contribution is 2.67. The van der Waals surface area contributed by atoms with Crippen molar-refractivity contribution in [1.82, 2.24) is 0 Å². The molecule has 0 heterocycles. The topological polar surface area (TPSA) is 80.9 Å². The minimum atomic E-state index is -1.06. The first-order valence-electron chi connectivity index (χ1n) is 13.0. The van der Waals surface area contributed by atoms with Crippen molar-refractivity contribution in [3.63, 3.8) is 0 Å². The highest BCUT2D eigenvalue weighted by Gasteiger charge is 2.61. The molecular weight excluding hydrogens is 388 g/mol. The van der Waals surface area contributed by atoms with Crippen LogP contribution in [0.4, 0.5) is 0 Å². The van der Waals surface area contributed by atoms with Crippen LogP contribution in [0.25, 0.3) is 0 Å². The molecule has 0 amide bonds. The van der Waals surface area contributed by atoms with Crippen molar-refractivity contribution in [2.24, 2.45) is 46.3 Å². The van der Waals surface area contributed by atoms with Gasteiger partial charge in [0.2, 0.25) is 0 Å². The lowest BCUT2D eigenvalue weighted by Gasteiger charge is -2.59. The molecule has 0 aromatic heterocycles. The number of hydrogen-bond acceptors (Lipinski definition) is 4. The SMILES string of the molecule is CC(C)CCC[C@@H](CO)[C@H]1CC[C@H]2[C@@H]3CC=C4C(O)C(O)C(O)C[C@]4(C)[C@H]3CC[C@]12C. The third kappa shape index (κ3) is 3.84. The van der Waals surface area contributed by atoms with E-state index in [1.165, 1.54) is 32.1 Å². The van der Waals surface area contributed by atoms with Crippen LogP contribution in [0.1, 0.15) is 85.5 Å². The van der Waals surface area contributed by atoms with Crippen LogP contribution in [0.5, 0.6) is 0 Å². The van der Waals surface area contributed by atoms with Crippen LogP contribution in [0.2, 0.25) is 0 Å². The Morgan fingerprint density at radius 3 is 2.45 bits per heavy atom. The lowest BCUT2D eigenvalue weighted by Crippen LogP contribution is -2.57. The van der Waals surface area contributed by atoms with Gasteiger partial charge < -0.3 is 20.4 Å². The summed E-state index contributed by atoms with van der Waals surface area (Å²) in [4.78, 5) is 0. The van der Waals surface area contributed by atoms with Gasteiger partial charge in [0.05, 0.1) is 6.10 Å². The van der Waals surface area contributed by atoms with Gasteiger partial charge in [-0.3, -0.25) is 0 Å². The van der Waals surface area contributed by atoms with Gasteiger partial charge in [-0.25, -0.2) is 0 Å². The number of fused-ring (bicyclic) bond motifs is 5. The van der Waals surface area contributed by atoms with Crippen molar-refractivity contribution in [2.45, 2.75) is 104 Å². The fraction of sp³-hybridized carbons (Fsp3) is 0.926. The second-order valence-corrected chi connectivity index (χ2v) is 12.4. The molecule has 4 nitrogen and oxygen atoms in total. The molecule has 31 heavy (non-hydrogen) atoms. The third-order valence-corrected chi connectivity index (χ3v) is 10.4. The molecule has 10 atom stereocenters. The van der Waals surface area contributed by atoms with E-state index in [-0.39, 0.29) is 5.41 Å². The molecule has 4 N–H and O–H groups in total. The molecule has 4 heteroatoms. The number of aliphatic hydroxyl groups is 4. The smallest absolute Gasteiger partial charge is 0.110 e. The number of rotatable bonds is 6. The van der Waals surface area contributed by atoms with Crippen LogP contribution in [-0.2, 0) is 0 Å². The monoisotopic (exact) mass is 434 g/mol. The lowest BCUT2D eigenvalue weighted by atomic mass is 9.46. The zero-order chi connectivity index (χ0) is 22.6. The van der Waals surface area contributed by atoms with Gasteiger partial charge in [0, 0.05) is 6.61 Å². The maximum atomic E-state index is 10.7. The highest BCUT2D eigenvalue weighted by atomic mass is 16.4. The molecule has 3 saturated carbocycles. The maximum Gasteiger partial charge on any atom is 0.110 e. The van der Waals surface area contributed by atoms with E-state index in [9.17, 15) is 20.4 Å². The maximum absolute atomic E-state index is 10.7. The quantitative estimate of drug-likeness (QED) is 0.470. The molecule has 3 fully saturated rings. The molecule has 0 aromatic rings. The Labute approximate surface area is 189 Å². The molecule has 178 valence electrons. The van der Waals surface area contributed by atoms with Gasteiger partial charge in [-0.2, -0.15) is 0 Å². The van der Waals surface area contributed by atoms with Gasteiger partial charge in [-0.15, -0.1) is 0 Å². The van der Waals surface area contributed by atoms with Crippen LogP contribution in [0, 0.1) is 46.3 Å². The fourth-order valence-electron chi connectivity index (χ4n) is 8.82. The van der Waals surface area contributed by atoms with Crippen LogP contribution in [0.3, 0.4) is 0 Å². The minimum absolute atomic E-state index is 0.214. The van der Waals surface area contributed by atoms with E-state index >= 15 is 0 Å². The Hall–Kier alpha value is -0.420. The van der Waals surface area contributed by atoms with Crippen LogP contribution < -0.4 is 0 Å². The molecule has 0 aliphatic heterocycles. The molecule has 0 saturated heterocycles. The molecular formula is C27H46O4. The zero-order valence-corrected chi connectivity index (χ0v) is 20.1. The second-order valence-electron chi connectivity index (χ2n) is 12.4. The van der Waals surface area contributed by atoms with Crippen molar-refractivity contribution in [3.8, 4) is 0 Å².